The largest absolute Gasteiger partial charge is 0.481 e. The molecule has 0 bridgehead atoms. The fraction of sp³-hybridized carbons (Fsp3) is 0.550. The number of aliphatic carboxylic acids is 1. The van der Waals surface area contributed by atoms with Crippen molar-refractivity contribution in [3.05, 3.63) is 35.4 Å². The van der Waals surface area contributed by atoms with Gasteiger partial charge in [-0.05, 0) is 31.7 Å². The maximum atomic E-state index is 12.2. The van der Waals surface area contributed by atoms with E-state index in [9.17, 15) is 19.5 Å². The molecule has 0 aromatic heterocycles. The number of nitrogens with one attached hydrogen (secondary N) is 1. The predicted molar refractivity (Wildman–Crippen MR) is 98.7 cm³/mol. The Morgan fingerprint density at radius 2 is 2.00 bits per heavy atom. The van der Waals surface area contributed by atoms with Crippen LogP contribution in [-0.4, -0.2) is 47.4 Å². The first-order valence-corrected chi connectivity index (χ1v) is 9.28. The van der Waals surface area contributed by atoms with Crippen LogP contribution >= 0.6 is 0 Å². The summed E-state index contributed by atoms with van der Waals surface area (Å²) in [6, 6.07) is 7.71. The minimum atomic E-state index is -0.936. The summed E-state index contributed by atoms with van der Waals surface area (Å²) in [5.74, 6) is -1.92. The fourth-order valence-corrected chi connectivity index (χ4v) is 3.22. The molecule has 1 unspecified atom stereocenters. The lowest BCUT2D eigenvalue weighted by atomic mass is 9.98. The minimum Gasteiger partial charge on any atom is -0.481 e. The Hall–Kier alpha value is -2.37. The first kappa shape index (κ1) is 19.9. The molecule has 1 fully saturated rings. The van der Waals surface area contributed by atoms with Crippen molar-refractivity contribution in [2.45, 2.75) is 45.4 Å². The van der Waals surface area contributed by atoms with Crippen LogP contribution in [0.1, 0.15) is 43.2 Å². The van der Waals surface area contributed by atoms with Crippen molar-refractivity contribution in [1.29, 1.82) is 0 Å². The van der Waals surface area contributed by atoms with Gasteiger partial charge >= 0.3 is 5.97 Å². The van der Waals surface area contributed by atoms with E-state index < -0.39 is 11.9 Å². The highest BCUT2D eigenvalue weighted by molar-refractivity contribution is 5.85. The van der Waals surface area contributed by atoms with E-state index in [0.29, 0.717) is 19.4 Å². The Morgan fingerprint density at radius 1 is 1.23 bits per heavy atom. The van der Waals surface area contributed by atoms with Gasteiger partial charge in [0.25, 0.3) is 0 Å². The molecular formula is C20H28N2O4. The number of benzene rings is 1. The number of likely N-dealkylation sites (tertiary alicyclic amines) is 1. The number of carboxylic acid groups (broad SMARTS) is 1. The number of carbonyl (C=O) groups excluding carboxylic acids is 2. The normalized spacial score (nSPS) is 16.5. The number of carbonyl (C=O) groups is 3. The summed E-state index contributed by atoms with van der Waals surface area (Å²) in [7, 11) is 0. The molecule has 2 rings (SSSR count). The summed E-state index contributed by atoms with van der Waals surface area (Å²) in [4.78, 5) is 37.4. The molecule has 2 amide bonds. The monoisotopic (exact) mass is 360 g/mol. The van der Waals surface area contributed by atoms with E-state index in [1.165, 1.54) is 0 Å². The van der Waals surface area contributed by atoms with Crippen molar-refractivity contribution < 1.29 is 19.5 Å². The van der Waals surface area contributed by atoms with Gasteiger partial charge < -0.3 is 15.3 Å². The lowest BCUT2D eigenvalue weighted by Gasteiger charge is -2.24. The Balaban J connectivity index is 1.86. The zero-order valence-electron chi connectivity index (χ0n) is 15.4. The molecule has 1 aliphatic rings. The predicted octanol–water partition coefficient (Wildman–Crippen LogP) is 2.15. The molecule has 0 saturated carbocycles. The van der Waals surface area contributed by atoms with Crippen LogP contribution in [0, 0.1) is 12.8 Å². The third-order valence-electron chi connectivity index (χ3n) is 4.72. The van der Waals surface area contributed by atoms with Gasteiger partial charge in [-0.15, -0.1) is 0 Å². The van der Waals surface area contributed by atoms with E-state index in [0.717, 1.165) is 36.8 Å². The molecule has 1 aliphatic heterocycles. The van der Waals surface area contributed by atoms with Crippen LogP contribution in [0.3, 0.4) is 0 Å². The zero-order valence-corrected chi connectivity index (χ0v) is 15.4. The summed E-state index contributed by atoms with van der Waals surface area (Å²) >= 11 is 0. The third-order valence-corrected chi connectivity index (χ3v) is 4.72. The van der Waals surface area contributed by atoms with Gasteiger partial charge in [0.1, 0.15) is 0 Å². The van der Waals surface area contributed by atoms with Gasteiger partial charge in [0.05, 0.1) is 12.5 Å². The molecule has 1 saturated heterocycles. The Kier molecular flexibility index (Phi) is 7.63. The van der Waals surface area contributed by atoms with Crippen molar-refractivity contribution in [3.8, 4) is 0 Å². The van der Waals surface area contributed by atoms with Gasteiger partial charge in [0.2, 0.25) is 11.8 Å². The summed E-state index contributed by atoms with van der Waals surface area (Å²) < 4.78 is 0. The first-order chi connectivity index (χ1) is 12.5. The molecule has 1 heterocycles. The SMILES string of the molecule is Cc1cccc(CC(CNC(=O)CN2CCCCCCC2=O)C(=O)O)c1. The zero-order chi connectivity index (χ0) is 18.9. The quantitative estimate of drug-likeness (QED) is 0.780. The van der Waals surface area contributed by atoms with Crippen LogP contribution in [0.15, 0.2) is 24.3 Å². The second-order valence-corrected chi connectivity index (χ2v) is 7.01. The van der Waals surface area contributed by atoms with Gasteiger partial charge in [-0.25, -0.2) is 0 Å². The highest BCUT2D eigenvalue weighted by atomic mass is 16.4. The Labute approximate surface area is 154 Å². The smallest absolute Gasteiger partial charge is 0.308 e. The molecule has 0 aliphatic carbocycles. The van der Waals surface area contributed by atoms with Crippen molar-refractivity contribution in [3.63, 3.8) is 0 Å². The highest BCUT2D eigenvalue weighted by Crippen LogP contribution is 2.12. The molecule has 1 atom stereocenters. The van der Waals surface area contributed by atoms with Gasteiger partial charge in [0, 0.05) is 19.5 Å². The summed E-state index contributed by atoms with van der Waals surface area (Å²) in [5, 5.41) is 12.1. The Bertz CT molecular complexity index is 644. The Morgan fingerprint density at radius 3 is 2.73 bits per heavy atom. The molecule has 6 nitrogen and oxygen atoms in total. The van der Waals surface area contributed by atoms with Gasteiger partial charge in [0.15, 0.2) is 0 Å². The maximum absolute atomic E-state index is 12.2. The van der Waals surface area contributed by atoms with Crippen molar-refractivity contribution >= 4 is 17.8 Å². The summed E-state index contributed by atoms with van der Waals surface area (Å²) in [6.07, 6.45) is 4.75. The summed E-state index contributed by atoms with van der Waals surface area (Å²) in [6.45, 7) is 2.62. The molecule has 0 spiro atoms. The maximum Gasteiger partial charge on any atom is 0.308 e. The van der Waals surface area contributed by atoms with E-state index in [-0.39, 0.29) is 24.9 Å². The van der Waals surface area contributed by atoms with Crippen molar-refractivity contribution in [2.24, 2.45) is 5.92 Å². The lowest BCUT2D eigenvalue weighted by molar-refractivity contribution is -0.142. The summed E-state index contributed by atoms with van der Waals surface area (Å²) in [5.41, 5.74) is 2.01. The van der Waals surface area contributed by atoms with Crippen LogP contribution < -0.4 is 5.32 Å². The molecule has 26 heavy (non-hydrogen) atoms. The fourth-order valence-electron chi connectivity index (χ4n) is 3.22. The van der Waals surface area contributed by atoms with Crippen molar-refractivity contribution in [1.82, 2.24) is 10.2 Å². The van der Waals surface area contributed by atoms with E-state index >= 15 is 0 Å². The molecular weight excluding hydrogens is 332 g/mol. The second kappa shape index (κ2) is 9.94. The second-order valence-electron chi connectivity index (χ2n) is 7.01. The van der Waals surface area contributed by atoms with Crippen LogP contribution in [0.25, 0.3) is 0 Å². The van der Waals surface area contributed by atoms with Crippen LogP contribution in [0.5, 0.6) is 0 Å². The van der Waals surface area contributed by atoms with Crippen LogP contribution in [0.4, 0.5) is 0 Å². The standard InChI is InChI=1S/C20H28N2O4/c1-15-7-6-8-16(11-15)12-17(20(25)26)13-21-18(23)14-22-10-5-3-2-4-9-19(22)24/h6-8,11,17H,2-5,9-10,12-14H2,1H3,(H,21,23)(H,25,26). The van der Waals surface area contributed by atoms with Gasteiger partial charge in [-0.2, -0.15) is 0 Å². The molecule has 6 heteroatoms. The number of amides is 2. The van der Waals surface area contributed by atoms with Gasteiger partial charge in [-0.1, -0.05) is 42.7 Å². The number of nitrogens with zero attached hydrogens (tertiary/aromatic N) is 1. The average Bonchev–Trinajstić information content (AvgIpc) is 2.58. The van der Waals surface area contributed by atoms with Crippen LogP contribution in [-0.2, 0) is 20.8 Å². The van der Waals surface area contributed by atoms with E-state index in [4.69, 9.17) is 0 Å². The number of aryl methyl sites for hydroxylation is 1. The number of hydrogen-bond donors (Lipinski definition) is 2. The van der Waals surface area contributed by atoms with Crippen LogP contribution in [0.2, 0.25) is 0 Å². The molecule has 1 aromatic carbocycles. The number of rotatable bonds is 7. The molecule has 142 valence electrons. The van der Waals surface area contributed by atoms with Crippen molar-refractivity contribution in [2.75, 3.05) is 19.6 Å². The van der Waals surface area contributed by atoms with E-state index in [1.54, 1.807) is 4.90 Å². The number of hydrogen-bond acceptors (Lipinski definition) is 3. The first-order valence-electron chi connectivity index (χ1n) is 9.28. The van der Waals surface area contributed by atoms with E-state index in [2.05, 4.69) is 5.32 Å². The number of carboxylic acids is 1. The highest BCUT2D eigenvalue weighted by Gasteiger charge is 2.22. The van der Waals surface area contributed by atoms with Gasteiger partial charge in [-0.3, -0.25) is 14.4 Å². The third kappa shape index (κ3) is 6.50. The lowest BCUT2D eigenvalue weighted by Crippen LogP contribution is -2.43. The topological polar surface area (TPSA) is 86.7 Å². The molecule has 2 N–H and O–H groups in total. The van der Waals surface area contributed by atoms with E-state index in [1.807, 2.05) is 31.2 Å². The molecule has 1 aromatic rings. The average molecular weight is 360 g/mol. The minimum absolute atomic E-state index is 0.00870. The molecule has 0 radical (unpaired) electrons.